The van der Waals surface area contributed by atoms with Crippen molar-refractivity contribution in [1.29, 1.82) is 0 Å². The Hall–Kier alpha value is -2.18. The number of sulfonamides is 1. The molecule has 0 bridgehead atoms. The van der Waals surface area contributed by atoms with E-state index in [4.69, 9.17) is 11.6 Å². The molecule has 6 heteroatoms. The van der Waals surface area contributed by atoms with Crippen molar-refractivity contribution < 1.29 is 8.42 Å². The molecule has 1 unspecified atom stereocenters. The molecule has 1 N–H and O–H groups in total. The number of nitrogens with one attached hydrogen (secondary N) is 1. The van der Waals surface area contributed by atoms with E-state index in [0.717, 1.165) is 11.1 Å². The lowest BCUT2D eigenvalue weighted by atomic mass is 9.97. The van der Waals surface area contributed by atoms with Crippen LogP contribution in [0.5, 0.6) is 0 Å². The van der Waals surface area contributed by atoms with Gasteiger partial charge in [0.15, 0.2) is 5.00 Å². The first kappa shape index (κ1) is 21.1. The molecule has 3 aromatic carbocycles. The van der Waals surface area contributed by atoms with E-state index in [0.29, 0.717) is 0 Å². The summed E-state index contributed by atoms with van der Waals surface area (Å²) in [6.45, 7) is 4.07. The second-order valence-corrected chi connectivity index (χ2v) is 10.2. The van der Waals surface area contributed by atoms with Crippen molar-refractivity contribution in [3.63, 3.8) is 0 Å². The number of hydrogen-bond acceptors (Lipinski definition) is 3. The Morgan fingerprint density at radius 2 is 1.37 bits per heavy atom. The van der Waals surface area contributed by atoms with Gasteiger partial charge in [0.05, 0.1) is 17.0 Å². The lowest BCUT2D eigenvalue weighted by Gasteiger charge is -2.27. The lowest BCUT2D eigenvalue weighted by molar-refractivity contribution is 0.416. The summed E-state index contributed by atoms with van der Waals surface area (Å²) in [5, 5.41) is 3.51. The SMILES string of the molecule is CC(C)N[C@@H](c1ccccc1)[C@]1(Cl)[C@@H](c2ccccc2)N1S(=O)(=O)c1ccccc1. The van der Waals surface area contributed by atoms with Gasteiger partial charge in [0.25, 0.3) is 0 Å². The van der Waals surface area contributed by atoms with Gasteiger partial charge >= 0.3 is 0 Å². The highest BCUT2D eigenvalue weighted by atomic mass is 35.5. The average Bonchev–Trinajstić information content (AvgIpc) is 3.41. The molecule has 1 saturated heterocycles. The van der Waals surface area contributed by atoms with Gasteiger partial charge in [-0.1, -0.05) is 104 Å². The number of alkyl halides is 1. The van der Waals surface area contributed by atoms with Crippen LogP contribution in [0, 0.1) is 0 Å². The number of benzene rings is 3. The minimum Gasteiger partial charge on any atom is -0.305 e. The highest BCUT2D eigenvalue weighted by molar-refractivity contribution is 7.89. The molecule has 0 amide bonds. The molecule has 30 heavy (non-hydrogen) atoms. The number of nitrogens with zero attached hydrogens (tertiary/aromatic N) is 1. The molecule has 0 spiro atoms. The van der Waals surface area contributed by atoms with Crippen LogP contribution in [0.4, 0.5) is 0 Å². The maximum Gasteiger partial charge on any atom is 0.245 e. The molecule has 4 nitrogen and oxygen atoms in total. The Morgan fingerprint density at radius 1 is 0.867 bits per heavy atom. The summed E-state index contributed by atoms with van der Waals surface area (Å²) in [6.07, 6.45) is 0. The number of hydrogen-bond donors (Lipinski definition) is 1. The quantitative estimate of drug-likeness (QED) is 0.315. The zero-order valence-electron chi connectivity index (χ0n) is 16.9. The van der Waals surface area contributed by atoms with Crippen molar-refractivity contribution in [2.45, 2.75) is 41.9 Å². The molecule has 1 aliphatic heterocycles. The zero-order chi connectivity index (χ0) is 21.4. The van der Waals surface area contributed by atoms with Gasteiger partial charge in [-0.25, -0.2) is 8.42 Å². The zero-order valence-corrected chi connectivity index (χ0v) is 18.5. The normalized spacial score (nSPS) is 24.5. The minimum absolute atomic E-state index is 0.115. The third-order valence-corrected chi connectivity index (χ3v) is 7.95. The summed E-state index contributed by atoms with van der Waals surface area (Å²) in [5.41, 5.74) is 1.83. The van der Waals surface area contributed by atoms with Gasteiger partial charge in [0.2, 0.25) is 10.0 Å². The smallest absolute Gasteiger partial charge is 0.245 e. The predicted octanol–water partition coefficient (Wildman–Crippen LogP) is 5.11. The number of halogens is 1. The van der Waals surface area contributed by atoms with E-state index in [1.54, 1.807) is 30.3 Å². The molecule has 1 aliphatic rings. The van der Waals surface area contributed by atoms with Crippen molar-refractivity contribution in [3.8, 4) is 0 Å². The second-order valence-electron chi connectivity index (χ2n) is 7.82. The van der Waals surface area contributed by atoms with Crippen LogP contribution >= 0.6 is 11.6 Å². The van der Waals surface area contributed by atoms with Gasteiger partial charge in [-0.15, -0.1) is 0 Å². The van der Waals surface area contributed by atoms with Crippen molar-refractivity contribution in [3.05, 3.63) is 102 Å². The minimum atomic E-state index is -3.80. The van der Waals surface area contributed by atoms with Crippen LogP contribution in [-0.2, 0) is 10.0 Å². The predicted molar refractivity (Wildman–Crippen MR) is 121 cm³/mol. The van der Waals surface area contributed by atoms with Crippen LogP contribution < -0.4 is 5.32 Å². The molecular weight excluding hydrogens is 416 g/mol. The molecule has 156 valence electrons. The topological polar surface area (TPSA) is 49.2 Å². The van der Waals surface area contributed by atoms with E-state index < -0.39 is 21.1 Å². The van der Waals surface area contributed by atoms with E-state index in [1.165, 1.54) is 4.31 Å². The summed E-state index contributed by atoms with van der Waals surface area (Å²) in [5.74, 6) is 0. The third kappa shape index (κ3) is 3.67. The van der Waals surface area contributed by atoms with Crippen molar-refractivity contribution in [1.82, 2.24) is 9.62 Å². The van der Waals surface area contributed by atoms with Crippen molar-refractivity contribution in [2.75, 3.05) is 0 Å². The molecular formula is C24H25ClN2O2S. The summed E-state index contributed by atoms with van der Waals surface area (Å²) in [7, 11) is -3.80. The van der Waals surface area contributed by atoms with Gasteiger partial charge in [-0.3, -0.25) is 0 Å². The van der Waals surface area contributed by atoms with Gasteiger partial charge in [-0.05, 0) is 23.3 Å². The first-order chi connectivity index (χ1) is 14.4. The average molecular weight is 441 g/mol. The second kappa shape index (κ2) is 8.16. The summed E-state index contributed by atoms with van der Waals surface area (Å²) >= 11 is 7.27. The molecule has 1 fully saturated rings. The standard InChI is InChI=1S/C24H25ClN2O2S/c1-18(2)26-22(19-12-6-3-7-13-19)24(25)23(20-14-8-4-9-15-20)27(24)30(28,29)21-16-10-5-11-17-21/h3-18,22-23,26H,1-2H3/t22-,23+,24+,27?/m0/s1. The molecule has 0 radical (unpaired) electrons. The van der Waals surface area contributed by atoms with Crippen molar-refractivity contribution >= 4 is 21.6 Å². The lowest BCUT2D eigenvalue weighted by Crippen LogP contribution is -2.39. The van der Waals surface area contributed by atoms with E-state index in [1.807, 2.05) is 74.5 Å². The van der Waals surface area contributed by atoms with E-state index >= 15 is 0 Å². The summed E-state index contributed by atoms with van der Waals surface area (Å²) in [6, 6.07) is 27.1. The van der Waals surface area contributed by atoms with Crippen LogP contribution in [-0.4, -0.2) is 23.8 Å². The van der Waals surface area contributed by atoms with Gasteiger partial charge in [0, 0.05) is 6.04 Å². The Kier molecular flexibility index (Phi) is 5.73. The van der Waals surface area contributed by atoms with Crippen LogP contribution in [0.15, 0.2) is 95.9 Å². The molecule has 3 aromatic rings. The van der Waals surface area contributed by atoms with E-state index in [9.17, 15) is 8.42 Å². The molecule has 4 rings (SSSR count). The molecule has 1 heterocycles. The van der Waals surface area contributed by atoms with Crippen LogP contribution in [0.1, 0.15) is 37.1 Å². The Morgan fingerprint density at radius 3 is 1.90 bits per heavy atom. The first-order valence-electron chi connectivity index (χ1n) is 10.0. The monoisotopic (exact) mass is 440 g/mol. The summed E-state index contributed by atoms with van der Waals surface area (Å²) in [4.78, 5) is -0.924. The molecule has 0 saturated carbocycles. The molecule has 0 aromatic heterocycles. The van der Waals surface area contributed by atoms with Crippen molar-refractivity contribution in [2.24, 2.45) is 0 Å². The van der Waals surface area contributed by atoms with E-state index in [-0.39, 0.29) is 17.0 Å². The summed E-state index contributed by atoms with van der Waals surface area (Å²) < 4.78 is 28.7. The largest absolute Gasteiger partial charge is 0.305 e. The van der Waals surface area contributed by atoms with Gasteiger partial charge in [0.1, 0.15) is 0 Å². The third-order valence-electron chi connectivity index (χ3n) is 5.34. The molecule has 4 atom stereocenters. The Labute approximate surface area is 183 Å². The Bertz CT molecular complexity index is 1090. The van der Waals surface area contributed by atoms with Crippen LogP contribution in [0.2, 0.25) is 0 Å². The van der Waals surface area contributed by atoms with Gasteiger partial charge in [-0.2, -0.15) is 4.31 Å². The maximum atomic E-state index is 13.6. The number of rotatable bonds is 7. The van der Waals surface area contributed by atoms with E-state index in [2.05, 4.69) is 5.32 Å². The van der Waals surface area contributed by atoms with Crippen LogP contribution in [0.3, 0.4) is 0 Å². The first-order valence-corrected chi connectivity index (χ1v) is 11.8. The highest BCUT2D eigenvalue weighted by Gasteiger charge is 2.72. The Balaban J connectivity index is 1.85. The van der Waals surface area contributed by atoms with Gasteiger partial charge < -0.3 is 5.32 Å². The fourth-order valence-corrected chi connectivity index (χ4v) is 6.61. The van der Waals surface area contributed by atoms with Crippen LogP contribution in [0.25, 0.3) is 0 Å². The molecule has 0 aliphatic carbocycles. The highest BCUT2D eigenvalue weighted by Crippen LogP contribution is 2.64. The fraction of sp³-hybridized carbons (Fsp3) is 0.250. The maximum absolute atomic E-state index is 13.6. The fourth-order valence-electron chi connectivity index (χ4n) is 4.01.